The third kappa shape index (κ3) is 1.90. The van der Waals surface area contributed by atoms with Gasteiger partial charge in [0.05, 0.1) is 12.1 Å². The first-order valence-corrected chi connectivity index (χ1v) is 4.92. The number of carboxylic acids is 1. The molecule has 0 unspecified atom stereocenters. The van der Waals surface area contributed by atoms with E-state index in [1.165, 1.54) is 7.11 Å². The molecule has 1 rings (SSSR count). The molecule has 0 aliphatic heterocycles. The third-order valence-corrected chi connectivity index (χ3v) is 3.23. The van der Waals surface area contributed by atoms with Crippen molar-refractivity contribution in [3.8, 4) is 5.75 Å². The summed E-state index contributed by atoms with van der Waals surface area (Å²) < 4.78 is 4.98. The van der Waals surface area contributed by atoms with Crippen LogP contribution in [0.3, 0.4) is 0 Å². The van der Waals surface area contributed by atoms with Gasteiger partial charge in [0.1, 0.15) is 5.56 Å². The first kappa shape index (κ1) is 12.1. The number of carbonyl (C=O) groups is 1. The Morgan fingerprint density at radius 2 is 1.73 bits per heavy atom. The second-order valence-electron chi connectivity index (χ2n) is 3.09. The van der Waals surface area contributed by atoms with Crippen molar-refractivity contribution in [2.45, 2.75) is 13.8 Å². The zero-order valence-corrected chi connectivity index (χ0v) is 10.0. The van der Waals surface area contributed by atoms with Crippen LogP contribution in [0.4, 0.5) is 0 Å². The second kappa shape index (κ2) is 4.29. The van der Waals surface area contributed by atoms with E-state index in [0.717, 1.165) is 0 Å². The maximum Gasteiger partial charge on any atom is 0.339 e. The highest BCUT2D eigenvalue weighted by Gasteiger charge is 2.22. The van der Waals surface area contributed by atoms with Crippen molar-refractivity contribution in [2.24, 2.45) is 0 Å². The van der Waals surface area contributed by atoms with E-state index in [1.807, 2.05) is 0 Å². The lowest BCUT2D eigenvalue weighted by molar-refractivity contribution is 0.0692. The second-order valence-corrected chi connectivity index (χ2v) is 3.85. The fraction of sp³-hybridized carbons (Fsp3) is 0.300. The standard InChI is InChI=1S/C10H10Cl2O3/c1-4-6(10(13)14)9(15-3)8(12)5(2)7(4)11/h1-3H3,(H,13,14). The van der Waals surface area contributed by atoms with Crippen molar-refractivity contribution in [3.05, 3.63) is 26.7 Å². The van der Waals surface area contributed by atoms with Crippen LogP contribution in [0.1, 0.15) is 21.5 Å². The Labute approximate surface area is 97.6 Å². The van der Waals surface area contributed by atoms with Crippen LogP contribution < -0.4 is 4.74 Å². The van der Waals surface area contributed by atoms with Gasteiger partial charge in [0.2, 0.25) is 0 Å². The molecule has 0 saturated heterocycles. The molecule has 1 N–H and O–H groups in total. The van der Waals surface area contributed by atoms with Gasteiger partial charge in [-0.15, -0.1) is 0 Å². The molecule has 1 aromatic rings. The predicted octanol–water partition coefficient (Wildman–Crippen LogP) is 3.32. The lowest BCUT2D eigenvalue weighted by Gasteiger charge is -2.14. The largest absolute Gasteiger partial charge is 0.494 e. The Kier molecular flexibility index (Phi) is 3.47. The fourth-order valence-corrected chi connectivity index (χ4v) is 1.89. The van der Waals surface area contributed by atoms with Crippen molar-refractivity contribution in [2.75, 3.05) is 7.11 Å². The first-order valence-electron chi connectivity index (χ1n) is 4.17. The third-order valence-electron chi connectivity index (χ3n) is 2.21. The summed E-state index contributed by atoms with van der Waals surface area (Å²) in [6, 6.07) is 0. The van der Waals surface area contributed by atoms with E-state index in [9.17, 15) is 4.79 Å². The maximum atomic E-state index is 11.0. The topological polar surface area (TPSA) is 46.5 Å². The molecule has 1 aromatic carbocycles. The lowest BCUT2D eigenvalue weighted by atomic mass is 10.0. The monoisotopic (exact) mass is 248 g/mol. The average Bonchev–Trinajstić information content (AvgIpc) is 2.19. The summed E-state index contributed by atoms with van der Waals surface area (Å²) in [5.41, 5.74) is 1.10. The minimum atomic E-state index is -1.10. The quantitative estimate of drug-likeness (QED) is 0.874. The van der Waals surface area contributed by atoms with Crippen molar-refractivity contribution < 1.29 is 14.6 Å². The minimum absolute atomic E-state index is 0.0121. The molecular formula is C10H10Cl2O3. The average molecular weight is 249 g/mol. The molecule has 0 saturated carbocycles. The molecular weight excluding hydrogens is 239 g/mol. The van der Waals surface area contributed by atoms with Gasteiger partial charge in [-0.25, -0.2) is 4.79 Å². The molecule has 0 aliphatic rings. The van der Waals surface area contributed by atoms with E-state index in [-0.39, 0.29) is 16.3 Å². The molecule has 5 heteroatoms. The molecule has 0 atom stereocenters. The summed E-state index contributed by atoms with van der Waals surface area (Å²) in [4.78, 5) is 11.0. The van der Waals surface area contributed by atoms with Gasteiger partial charge in [0.25, 0.3) is 0 Å². The Balaban J connectivity index is 3.70. The van der Waals surface area contributed by atoms with Crippen molar-refractivity contribution in [1.29, 1.82) is 0 Å². The number of benzene rings is 1. The fourth-order valence-electron chi connectivity index (χ4n) is 1.39. The van der Waals surface area contributed by atoms with Crippen molar-refractivity contribution in [3.63, 3.8) is 0 Å². The molecule has 15 heavy (non-hydrogen) atoms. The number of hydrogen-bond acceptors (Lipinski definition) is 2. The van der Waals surface area contributed by atoms with Crippen LogP contribution in [0, 0.1) is 13.8 Å². The van der Waals surface area contributed by atoms with E-state index < -0.39 is 5.97 Å². The molecule has 0 amide bonds. The molecule has 0 fully saturated rings. The Hall–Kier alpha value is -0.930. The molecule has 82 valence electrons. The number of methoxy groups -OCH3 is 1. The summed E-state index contributed by atoms with van der Waals surface area (Å²) in [6.07, 6.45) is 0. The number of ether oxygens (including phenoxy) is 1. The normalized spacial score (nSPS) is 10.2. The van der Waals surface area contributed by atoms with Crippen LogP contribution in [0.5, 0.6) is 5.75 Å². The number of aromatic carboxylic acids is 1. The lowest BCUT2D eigenvalue weighted by Crippen LogP contribution is -2.06. The highest BCUT2D eigenvalue weighted by molar-refractivity contribution is 6.38. The van der Waals surface area contributed by atoms with Gasteiger partial charge >= 0.3 is 5.97 Å². The summed E-state index contributed by atoms with van der Waals surface area (Å²) in [5, 5.41) is 9.62. The zero-order valence-electron chi connectivity index (χ0n) is 8.52. The van der Waals surface area contributed by atoms with Gasteiger partial charge in [-0.05, 0) is 25.0 Å². The van der Waals surface area contributed by atoms with Gasteiger partial charge in [-0.3, -0.25) is 0 Å². The Morgan fingerprint density at radius 3 is 2.13 bits per heavy atom. The minimum Gasteiger partial charge on any atom is -0.494 e. The molecule has 0 aromatic heterocycles. The highest BCUT2D eigenvalue weighted by atomic mass is 35.5. The van der Waals surface area contributed by atoms with E-state index in [0.29, 0.717) is 16.1 Å². The van der Waals surface area contributed by atoms with Gasteiger partial charge in [0, 0.05) is 5.02 Å². The van der Waals surface area contributed by atoms with Gasteiger partial charge in [-0.1, -0.05) is 23.2 Å². The molecule has 0 radical (unpaired) electrons. The predicted molar refractivity (Wildman–Crippen MR) is 59.4 cm³/mol. The Morgan fingerprint density at radius 1 is 1.20 bits per heavy atom. The summed E-state index contributed by atoms with van der Waals surface area (Å²) in [7, 11) is 1.38. The van der Waals surface area contributed by atoms with Crippen LogP contribution in [0.2, 0.25) is 10.0 Å². The molecule has 0 spiro atoms. The smallest absolute Gasteiger partial charge is 0.339 e. The summed E-state index contributed by atoms with van der Waals surface area (Å²) >= 11 is 11.9. The van der Waals surface area contributed by atoms with Crippen LogP contribution in [0.15, 0.2) is 0 Å². The van der Waals surface area contributed by atoms with Gasteiger partial charge in [-0.2, -0.15) is 0 Å². The number of rotatable bonds is 2. The number of carboxylic acid groups (broad SMARTS) is 1. The molecule has 3 nitrogen and oxygen atoms in total. The van der Waals surface area contributed by atoms with Crippen molar-refractivity contribution in [1.82, 2.24) is 0 Å². The van der Waals surface area contributed by atoms with Gasteiger partial charge < -0.3 is 9.84 Å². The zero-order chi connectivity index (χ0) is 11.7. The van der Waals surface area contributed by atoms with Crippen molar-refractivity contribution >= 4 is 29.2 Å². The van der Waals surface area contributed by atoms with E-state index in [1.54, 1.807) is 13.8 Å². The van der Waals surface area contributed by atoms with E-state index in [4.69, 9.17) is 33.0 Å². The van der Waals surface area contributed by atoms with E-state index >= 15 is 0 Å². The maximum absolute atomic E-state index is 11.0. The highest BCUT2D eigenvalue weighted by Crippen LogP contribution is 2.39. The number of hydrogen-bond donors (Lipinski definition) is 1. The van der Waals surface area contributed by atoms with Gasteiger partial charge in [0.15, 0.2) is 5.75 Å². The van der Waals surface area contributed by atoms with E-state index in [2.05, 4.69) is 0 Å². The first-order chi connectivity index (χ1) is 6.91. The molecule has 0 heterocycles. The summed E-state index contributed by atoms with van der Waals surface area (Å²) in [5.74, 6) is -0.947. The van der Waals surface area contributed by atoms with Crippen LogP contribution >= 0.6 is 23.2 Å². The molecule has 0 bridgehead atoms. The Bertz CT molecular complexity index is 427. The summed E-state index contributed by atoms with van der Waals surface area (Å²) in [6.45, 7) is 3.34. The van der Waals surface area contributed by atoms with Crippen LogP contribution in [-0.2, 0) is 0 Å². The molecule has 0 aliphatic carbocycles. The number of halogens is 2. The SMILES string of the molecule is COc1c(Cl)c(C)c(Cl)c(C)c1C(=O)O. The van der Waals surface area contributed by atoms with Crippen LogP contribution in [-0.4, -0.2) is 18.2 Å². The van der Waals surface area contributed by atoms with Crippen LogP contribution in [0.25, 0.3) is 0 Å².